The summed E-state index contributed by atoms with van der Waals surface area (Å²) in [6.07, 6.45) is 0. The lowest BCUT2D eigenvalue weighted by atomic mass is 10.2. The maximum atomic E-state index is 5.73. The number of rotatable bonds is 0. The zero-order valence-electron chi connectivity index (χ0n) is 6.69. The highest BCUT2D eigenvalue weighted by molar-refractivity contribution is 7.17. The summed E-state index contributed by atoms with van der Waals surface area (Å²) in [6, 6.07) is 5.83. The molecule has 0 saturated heterocycles. The number of benzene rings is 1. The van der Waals surface area contributed by atoms with Crippen molar-refractivity contribution in [3.63, 3.8) is 0 Å². The Morgan fingerprint density at radius 2 is 1.69 bits per heavy atom. The van der Waals surface area contributed by atoms with E-state index in [-0.39, 0.29) is 24.8 Å². The number of fused-ring (bicyclic) bond motifs is 1. The van der Waals surface area contributed by atoms with Crippen molar-refractivity contribution in [1.29, 1.82) is 0 Å². The van der Waals surface area contributed by atoms with Crippen LogP contribution >= 0.6 is 36.2 Å². The fourth-order valence-corrected chi connectivity index (χ4v) is 2.02. The number of anilines is 2. The van der Waals surface area contributed by atoms with Crippen LogP contribution in [0.25, 0.3) is 10.1 Å². The van der Waals surface area contributed by atoms with E-state index in [9.17, 15) is 0 Å². The number of nitrogen functional groups attached to an aromatic ring is 2. The van der Waals surface area contributed by atoms with Gasteiger partial charge in [-0.3, -0.25) is 0 Å². The molecule has 0 radical (unpaired) electrons. The largest absolute Gasteiger partial charge is 0.398 e. The molecule has 0 saturated carbocycles. The monoisotopic (exact) mass is 236 g/mol. The molecule has 2 rings (SSSR count). The molecule has 0 aliphatic rings. The van der Waals surface area contributed by atoms with Crippen LogP contribution in [0.4, 0.5) is 11.4 Å². The summed E-state index contributed by atoms with van der Waals surface area (Å²) in [5, 5.41) is 2.92. The van der Waals surface area contributed by atoms with E-state index in [4.69, 9.17) is 11.5 Å². The van der Waals surface area contributed by atoms with Crippen molar-refractivity contribution < 1.29 is 0 Å². The van der Waals surface area contributed by atoms with Gasteiger partial charge in [-0.1, -0.05) is 6.07 Å². The van der Waals surface area contributed by atoms with Crippen LogP contribution in [0.1, 0.15) is 0 Å². The number of hydrogen-bond donors (Lipinski definition) is 2. The molecule has 1 aromatic carbocycles. The summed E-state index contributed by atoms with van der Waals surface area (Å²) >= 11 is 1.62. The van der Waals surface area contributed by atoms with Gasteiger partial charge in [0.25, 0.3) is 0 Å². The SMILES string of the molecule is Cl.Cl.Nc1cccc2scc(N)c12. The molecule has 72 valence electrons. The number of hydrogen-bond acceptors (Lipinski definition) is 3. The van der Waals surface area contributed by atoms with Gasteiger partial charge in [-0.05, 0) is 12.1 Å². The predicted octanol–water partition coefficient (Wildman–Crippen LogP) is 2.91. The minimum Gasteiger partial charge on any atom is -0.398 e. The van der Waals surface area contributed by atoms with Crippen LogP contribution in [0, 0.1) is 0 Å². The van der Waals surface area contributed by atoms with E-state index in [1.807, 2.05) is 23.6 Å². The third-order valence-electron chi connectivity index (χ3n) is 1.66. The molecule has 0 atom stereocenters. The molecule has 2 nitrogen and oxygen atoms in total. The lowest BCUT2D eigenvalue weighted by Crippen LogP contribution is -1.87. The van der Waals surface area contributed by atoms with Crippen LogP contribution in [0.15, 0.2) is 23.6 Å². The standard InChI is InChI=1S/C8H8N2S.2ClH/c9-5-2-1-3-7-8(5)6(10)4-11-7;;/h1-4H,9-10H2;2*1H. The summed E-state index contributed by atoms with van der Waals surface area (Å²) in [6.45, 7) is 0. The van der Waals surface area contributed by atoms with Crippen molar-refractivity contribution in [3.8, 4) is 0 Å². The predicted molar refractivity (Wildman–Crippen MR) is 65.1 cm³/mol. The Hall–Kier alpha value is -0.640. The molecule has 1 aromatic heterocycles. The molecule has 0 aliphatic carbocycles. The smallest absolute Gasteiger partial charge is 0.0523 e. The molecule has 2 aromatic rings. The zero-order valence-corrected chi connectivity index (χ0v) is 9.14. The highest BCUT2D eigenvalue weighted by Gasteiger charge is 2.02. The Morgan fingerprint density at radius 3 is 2.31 bits per heavy atom. The van der Waals surface area contributed by atoms with Crippen LogP contribution in [0.3, 0.4) is 0 Å². The average molecular weight is 237 g/mol. The third kappa shape index (κ3) is 1.99. The molecule has 5 heteroatoms. The Morgan fingerprint density at radius 1 is 1.00 bits per heavy atom. The number of thiophene rings is 1. The number of nitrogens with two attached hydrogens (primary N) is 2. The quantitative estimate of drug-likeness (QED) is 0.692. The minimum atomic E-state index is 0. The number of halogens is 2. The Balaban J connectivity index is 0.000000720. The topological polar surface area (TPSA) is 52.0 Å². The molecule has 0 spiro atoms. The van der Waals surface area contributed by atoms with E-state index in [0.717, 1.165) is 21.5 Å². The minimum absolute atomic E-state index is 0. The molecule has 0 fully saturated rings. The zero-order chi connectivity index (χ0) is 7.84. The van der Waals surface area contributed by atoms with Crippen molar-refractivity contribution in [3.05, 3.63) is 23.6 Å². The molecule has 0 unspecified atom stereocenters. The van der Waals surface area contributed by atoms with E-state index < -0.39 is 0 Å². The summed E-state index contributed by atoms with van der Waals surface area (Å²) in [4.78, 5) is 0. The normalized spacial score (nSPS) is 8.92. The van der Waals surface area contributed by atoms with Crippen LogP contribution in [0.2, 0.25) is 0 Å². The van der Waals surface area contributed by atoms with Gasteiger partial charge in [0.1, 0.15) is 0 Å². The lowest BCUT2D eigenvalue weighted by molar-refractivity contribution is 1.79. The van der Waals surface area contributed by atoms with E-state index in [2.05, 4.69) is 0 Å². The summed E-state index contributed by atoms with van der Waals surface area (Å²) in [7, 11) is 0. The molecule has 0 aliphatic heterocycles. The first-order valence-electron chi connectivity index (χ1n) is 3.30. The van der Waals surface area contributed by atoms with E-state index in [1.54, 1.807) is 11.3 Å². The van der Waals surface area contributed by atoms with Crippen molar-refractivity contribution in [2.75, 3.05) is 11.5 Å². The second-order valence-electron chi connectivity index (χ2n) is 2.41. The van der Waals surface area contributed by atoms with E-state index in [1.165, 1.54) is 0 Å². The Bertz CT molecular complexity index is 400. The van der Waals surface area contributed by atoms with Gasteiger partial charge >= 0.3 is 0 Å². The fourth-order valence-electron chi connectivity index (χ4n) is 1.14. The first kappa shape index (κ1) is 12.4. The van der Waals surface area contributed by atoms with E-state index >= 15 is 0 Å². The Kier molecular flexibility index (Phi) is 4.33. The molecule has 0 bridgehead atoms. The fraction of sp³-hybridized carbons (Fsp3) is 0. The molecule has 1 heterocycles. The van der Waals surface area contributed by atoms with Gasteiger partial charge in [-0.25, -0.2) is 0 Å². The van der Waals surface area contributed by atoms with Crippen molar-refractivity contribution in [2.24, 2.45) is 0 Å². The maximum absolute atomic E-state index is 5.73. The Labute approximate surface area is 92.7 Å². The third-order valence-corrected chi connectivity index (χ3v) is 2.63. The van der Waals surface area contributed by atoms with Gasteiger partial charge in [0.15, 0.2) is 0 Å². The molecule has 0 amide bonds. The summed E-state index contributed by atoms with van der Waals surface area (Å²) in [5.74, 6) is 0. The van der Waals surface area contributed by atoms with Crippen LogP contribution in [0.5, 0.6) is 0 Å². The maximum Gasteiger partial charge on any atom is 0.0523 e. The van der Waals surface area contributed by atoms with Crippen molar-refractivity contribution in [1.82, 2.24) is 0 Å². The van der Waals surface area contributed by atoms with Gasteiger partial charge in [-0.15, -0.1) is 36.2 Å². The first-order valence-corrected chi connectivity index (χ1v) is 4.18. The van der Waals surface area contributed by atoms with Crippen LogP contribution < -0.4 is 11.5 Å². The highest BCUT2D eigenvalue weighted by atomic mass is 35.5. The lowest BCUT2D eigenvalue weighted by Gasteiger charge is -1.95. The van der Waals surface area contributed by atoms with Crippen molar-refractivity contribution in [2.45, 2.75) is 0 Å². The van der Waals surface area contributed by atoms with Crippen molar-refractivity contribution >= 4 is 57.6 Å². The van der Waals surface area contributed by atoms with Crippen LogP contribution in [-0.4, -0.2) is 0 Å². The molecule has 4 N–H and O–H groups in total. The van der Waals surface area contributed by atoms with Gasteiger partial charge in [0, 0.05) is 21.2 Å². The average Bonchev–Trinajstić information content (AvgIpc) is 2.34. The van der Waals surface area contributed by atoms with Gasteiger partial charge in [0.05, 0.1) is 5.69 Å². The summed E-state index contributed by atoms with van der Waals surface area (Å²) < 4.78 is 1.16. The second-order valence-corrected chi connectivity index (χ2v) is 3.32. The second kappa shape index (κ2) is 4.56. The summed E-state index contributed by atoms with van der Waals surface area (Å²) in [5.41, 5.74) is 13.0. The highest BCUT2D eigenvalue weighted by Crippen LogP contribution is 2.31. The molecular weight excluding hydrogens is 227 g/mol. The molecule has 13 heavy (non-hydrogen) atoms. The first-order chi connectivity index (χ1) is 5.29. The van der Waals surface area contributed by atoms with Gasteiger partial charge < -0.3 is 11.5 Å². The van der Waals surface area contributed by atoms with Gasteiger partial charge in [0.2, 0.25) is 0 Å². The van der Waals surface area contributed by atoms with E-state index in [0.29, 0.717) is 0 Å². The van der Waals surface area contributed by atoms with Gasteiger partial charge in [-0.2, -0.15) is 0 Å². The van der Waals surface area contributed by atoms with Crippen LogP contribution in [-0.2, 0) is 0 Å². The molecular formula is C8H10Cl2N2S.